The van der Waals surface area contributed by atoms with Gasteiger partial charge in [-0.15, -0.1) is 0 Å². The zero-order valence-electron chi connectivity index (χ0n) is 13.4. The summed E-state index contributed by atoms with van der Waals surface area (Å²) in [5.74, 6) is 0.588. The van der Waals surface area contributed by atoms with Crippen molar-refractivity contribution in [3.8, 4) is 0 Å². The highest BCUT2D eigenvalue weighted by Crippen LogP contribution is 2.41. The average molecular weight is 321 g/mol. The topological polar surface area (TPSA) is 38.8 Å². The zero-order chi connectivity index (χ0) is 16.4. The second kappa shape index (κ2) is 6.23. The van der Waals surface area contributed by atoms with Gasteiger partial charge < -0.3 is 9.47 Å². The van der Waals surface area contributed by atoms with E-state index in [1.807, 2.05) is 60.7 Å². The summed E-state index contributed by atoms with van der Waals surface area (Å²) >= 11 is 0. The fraction of sp³-hybridized carbons (Fsp3) is 0.250. The molecule has 1 fully saturated rings. The zero-order valence-corrected chi connectivity index (χ0v) is 13.4. The maximum Gasteiger partial charge on any atom is 0.253 e. The number of ketones is 1. The van der Waals surface area contributed by atoms with Gasteiger partial charge in [0.1, 0.15) is 5.76 Å². The Balaban J connectivity index is 1.76. The number of ether oxygens (including phenoxy) is 2. The lowest BCUT2D eigenvalue weighted by molar-refractivity contribution is -0.162. The molecule has 1 unspecified atom stereocenters. The van der Waals surface area contributed by atoms with Crippen molar-refractivity contribution < 1.29 is 14.3 Å². The first-order chi connectivity index (χ1) is 11.8. The Hall–Kier alpha value is -2.43. The van der Waals surface area contributed by atoms with E-state index in [-0.39, 0.29) is 5.78 Å². The summed E-state index contributed by atoms with van der Waals surface area (Å²) in [6, 6.07) is 19.5. The summed E-state index contributed by atoms with van der Waals surface area (Å²) in [4.78, 5) is 15.2. The first kappa shape index (κ1) is 15.1. The van der Waals surface area contributed by atoms with Crippen LogP contribution >= 0.6 is 0 Å². The Morgan fingerprint density at radius 2 is 1.50 bits per heavy atom. The van der Waals surface area contributed by atoms with Gasteiger partial charge in [0.15, 0.2) is 0 Å². The smallest absolute Gasteiger partial charge is 0.253 e. The fourth-order valence-corrected chi connectivity index (χ4v) is 3.35. The minimum atomic E-state index is -1.09. The lowest BCUT2D eigenvalue weighted by Crippen LogP contribution is -2.55. The van der Waals surface area contributed by atoms with Gasteiger partial charge in [-0.3, -0.25) is 9.69 Å². The summed E-state index contributed by atoms with van der Waals surface area (Å²) < 4.78 is 11.8. The minimum absolute atomic E-state index is 0.0329. The molecule has 1 saturated heterocycles. The highest BCUT2D eigenvalue weighted by Gasteiger charge is 2.51. The normalized spacial score (nSPS) is 24.5. The van der Waals surface area contributed by atoms with Crippen molar-refractivity contribution in [3.63, 3.8) is 0 Å². The van der Waals surface area contributed by atoms with Crippen LogP contribution in [0.1, 0.15) is 11.1 Å². The van der Waals surface area contributed by atoms with Crippen LogP contribution in [-0.2, 0) is 20.0 Å². The second-order valence-corrected chi connectivity index (χ2v) is 5.95. The number of benzene rings is 2. The molecule has 4 heteroatoms. The molecule has 0 aromatic heterocycles. The highest BCUT2D eigenvalue weighted by molar-refractivity contribution is 6.05. The predicted octanol–water partition coefficient (Wildman–Crippen LogP) is 2.81. The molecule has 2 aliphatic rings. The van der Waals surface area contributed by atoms with Crippen LogP contribution in [0.15, 0.2) is 66.7 Å². The van der Waals surface area contributed by atoms with Crippen LogP contribution in [0, 0.1) is 0 Å². The summed E-state index contributed by atoms with van der Waals surface area (Å²) in [5.41, 5.74) is 0.687. The largest absolute Gasteiger partial charge is 0.460 e. The van der Waals surface area contributed by atoms with Gasteiger partial charge in [-0.05, 0) is 0 Å². The van der Waals surface area contributed by atoms with Crippen LogP contribution in [0.3, 0.4) is 0 Å². The Morgan fingerprint density at radius 3 is 2.17 bits per heavy atom. The maximum atomic E-state index is 13.1. The van der Waals surface area contributed by atoms with E-state index in [1.165, 1.54) is 0 Å². The molecular weight excluding hydrogens is 302 g/mol. The van der Waals surface area contributed by atoms with Crippen molar-refractivity contribution in [1.29, 1.82) is 0 Å². The van der Waals surface area contributed by atoms with Crippen molar-refractivity contribution in [1.82, 2.24) is 4.90 Å². The predicted molar refractivity (Wildman–Crippen MR) is 91.0 cm³/mol. The van der Waals surface area contributed by atoms with Crippen LogP contribution in [0.2, 0.25) is 0 Å². The lowest BCUT2D eigenvalue weighted by Gasteiger charge is -2.41. The van der Waals surface area contributed by atoms with E-state index in [0.717, 1.165) is 11.1 Å². The van der Waals surface area contributed by atoms with Crippen molar-refractivity contribution in [3.05, 3.63) is 77.9 Å². The average Bonchev–Trinajstić information content (AvgIpc) is 3.02. The molecule has 4 nitrogen and oxygen atoms in total. The van der Waals surface area contributed by atoms with Crippen LogP contribution in [-0.4, -0.2) is 37.0 Å². The Labute approximate surface area is 141 Å². The van der Waals surface area contributed by atoms with E-state index >= 15 is 0 Å². The third kappa shape index (κ3) is 2.44. The highest BCUT2D eigenvalue weighted by atomic mass is 16.5. The molecule has 2 aromatic carbocycles. The molecule has 0 bridgehead atoms. The molecule has 0 aliphatic carbocycles. The van der Waals surface area contributed by atoms with Gasteiger partial charge in [-0.2, -0.15) is 0 Å². The first-order valence-electron chi connectivity index (χ1n) is 8.19. The SMILES string of the molecule is O=C1C=C(c2ccccc2)OC1(c1ccccc1)N1CCOCC1. The number of rotatable bonds is 3. The van der Waals surface area contributed by atoms with Crippen LogP contribution in [0.25, 0.3) is 5.76 Å². The Kier molecular flexibility index (Phi) is 3.92. The lowest BCUT2D eigenvalue weighted by atomic mass is 9.96. The summed E-state index contributed by atoms with van der Waals surface area (Å²) in [6.07, 6.45) is 1.62. The van der Waals surface area contributed by atoms with E-state index < -0.39 is 5.72 Å². The number of hydrogen-bond donors (Lipinski definition) is 0. The molecule has 0 spiro atoms. The first-order valence-corrected chi connectivity index (χ1v) is 8.19. The quantitative estimate of drug-likeness (QED) is 0.871. The number of morpholine rings is 1. The number of nitrogens with zero attached hydrogens (tertiary/aromatic N) is 1. The van der Waals surface area contributed by atoms with E-state index in [2.05, 4.69) is 4.90 Å². The molecule has 2 aromatic rings. The minimum Gasteiger partial charge on any atom is -0.460 e. The van der Waals surface area contributed by atoms with E-state index in [0.29, 0.717) is 32.1 Å². The summed E-state index contributed by atoms with van der Waals surface area (Å²) in [7, 11) is 0. The van der Waals surface area contributed by atoms with Gasteiger partial charge in [0.25, 0.3) is 5.72 Å². The van der Waals surface area contributed by atoms with E-state index in [4.69, 9.17) is 9.47 Å². The van der Waals surface area contributed by atoms with Crippen LogP contribution in [0.4, 0.5) is 0 Å². The molecule has 0 radical (unpaired) electrons. The monoisotopic (exact) mass is 321 g/mol. The van der Waals surface area contributed by atoms with Crippen molar-refractivity contribution in [2.75, 3.05) is 26.3 Å². The number of carbonyl (C=O) groups excluding carboxylic acids is 1. The van der Waals surface area contributed by atoms with Gasteiger partial charge in [-0.25, -0.2) is 0 Å². The molecular formula is C20H19NO3. The van der Waals surface area contributed by atoms with Crippen LogP contribution < -0.4 is 0 Å². The summed E-state index contributed by atoms with van der Waals surface area (Å²) in [6.45, 7) is 2.53. The molecule has 0 saturated carbocycles. The van der Waals surface area contributed by atoms with Gasteiger partial charge in [0.2, 0.25) is 5.78 Å². The van der Waals surface area contributed by atoms with Gasteiger partial charge in [0, 0.05) is 30.3 Å². The van der Waals surface area contributed by atoms with Gasteiger partial charge in [-0.1, -0.05) is 60.7 Å². The molecule has 0 N–H and O–H groups in total. The van der Waals surface area contributed by atoms with Gasteiger partial charge in [0.05, 0.1) is 13.2 Å². The van der Waals surface area contributed by atoms with Crippen molar-refractivity contribution in [2.45, 2.75) is 5.72 Å². The molecule has 2 heterocycles. The molecule has 0 amide bonds. The van der Waals surface area contributed by atoms with Gasteiger partial charge >= 0.3 is 0 Å². The maximum absolute atomic E-state index is 13.1. The molecule has 4 rings (SSSR count). The third-order valence-corrected chi connectivity index (χ3v) is 4.53. The molecule has 1 atom stereocenters. The molecule has 122 valence electrons. The van der Waals surface area contributed by atoms with E-state index in [1.54, 1.807) is 6.08 Å². The molecule has 24 heavy (non-hydrogen) atoms. The summed E-state index contributed by atoms with van der Waals surface area (Å²) in [5, 5.41) is 0. The Bertz CT molecular complexity index is 751. The Morgan fingerprint density at radius 1 is 0.875 bits per heavy atom. The third-order valence-electron chi connectivity index (χ3n) is 4.53. The van der Waals surface area contributed by atoms with Crippen molar-refractivity contribution in [2.24, 2.45) is 0 Å². The molecule has 2 aliphatic heterocycles. The number of hydrogen-bond acceptors (Lipinski definition) is 4. The standard InChI is InChI=1S/C20H19NO3/c22-19-15-18(16-7-3-1-4-8-16)24-20(19,17-9-5-2-6-10-17)21-11-13-23-14-12-21/h1-10,15H,11-14H2. The fourth-order valence-electron chi connectivity index (χ4n) is 3.35. The van der Waals surface area contributed by atoms with Crippen molar-refractivity contribution >= 4 is 11.5 Å². The van der Waals surface area contributed by atoms with Crippen LogP contribution in [0.5, 0.6) is 0 Å². The second-order valence-electron chi connectivity index (χ2n) is 5.95. The number of carbonyl (C=O) groups is 1. The van der Waals surface area contributed by atoms with E-state index in [9.17, 15) is 4.79 Å².